The summed E-state index contributed by atoms with van der Waals surface area (Å²) in [7, 11) is 0. The molecule has 1 fully saturated rings. The summed E-state index contributed by atoms with van der Waals surface area (Å²) in [6.45, 7) is 8.20. The first-order valence-corrected chi connectivity index (χ1v) is 6.18. The maximum atomic E-state index is 8.60. The lowest BCUT2D eigenvalue weighted by Crippen LogP contribution is -2.44. The molecule has 0 aromatic heterocycles. The summed E-state index contributed by atoms with van der Waals surface area (Å²) in [5, 5.41) is 8.60. The minimum absolute atomic E-state index is 0.133. The Hall–Kier alpha value is -0.120. The topological polar surface area (TPSA) is 32.7 Å². The monoisotopic (exact) mass is 215 g/mol. The van der Waals surface area contributed by atoms with Crippen molar-refractivity contribution in [1.82, 2.24) is 4.90 Å². The second-order valence-electron chi connectivity index (χ2n) is 4.68. The van der Waals surface area contributed by atoms with E-state index >= 15 is 0 Å². The SMILES string of the molecule is CC(C)C1CCCCN1CCOCCO. The lowest BCUT2D eigenvalue weighted by Gasteiger charge is -2.38. The zero-order chi connectivity index (χ0) is 11.1. The molecule has 0 amide bonds. The van der Waals surface area contributed by atoms with Crippen LogP contribution in [0.4, 0.5) is 0 Å². The molecule has 1 aliphatic heterocycles. The molecule has 0 radical (unpaired) electrons. The van der Waals surface area contributed by atoms with E-state index in [0.29, 0.717) is 6.61 Å². The van der Waals surface area contributed by atoms with Gasteiger partial charge in [-0.05, 0) is 25.3 Å². The van der Waals surface area contributed by atoms with Gasteiger partial charge in [0.15, 0.2) is 0 Å². The van der Waals surface area contributed by atoms with Gasteiger partial charge in [0.1, 0.15) is 0 Å². The Kier molecular flexibility index (Phi) is 6.22. The molecule has 1 heterocycles. The standard InChI is InChI=1S/C12H25NO2/c1-11(2)12-5-3-4-6-13(12)7-9-15-10-8-14/h11-12,14H,3-10H2,1-2H3. The third-order valence-corrected chi connectivity index (χ3v) is 3.19. The van der Waals surface area contributed by atoms with Gasteiger partial charge in [0.2, 0.25) is 0 Å². The first kappa shape index (κ1) is 12.9. The summed E-state index contributed by atoms with van der Waals surface area (Å²) in [4.78, 5) is 2.55. The first-order valence-electron chi connectivity index (χ1n) is 6.18. The van der Waals surface area contributed by atoms with E-state index < -0.39 is 0 Å². The molecule has 1 atom stereocenters. The molecule has 1 rings (SSSR count). The van der Waals surface area contributed by atoms with Crippen LogP contribution in [0.5, 0.6) is 0 Å². The largest absolute Gasteiger partial charge is 0.394 e. The van der Waals surface area contributed by atoms with Crippen molar-refractivity contribution in [2.24, 2.45) is 5.92 Å². The van der Waals surface area contributed by atoms with Crippen LogP contribution in [0.25, 0.3) is 0 Å². The predicted molar refractivity (Wildman–Crippen MR) is 62.0 cm³/mol. The van der Waals surface area contributed by atoms with Crippen molar-refractivity contribution < 1.29 is 9.84 Å². The number of aliphatic hydroxyl groups is 1. The number of rotatable bonds is 6. The molecule has 90 valence electrons. The second-order valence-corrected chi connectivity index (χ2v) is 4.68. The Morgan fingerprint density at radius 1 is 1.33 bits per heavy atom. The molecule has 3 nitrogen and oxygen atoms in total. The molecule has 0 aromatic carbocycles. The molecule has 3 heteroatoms. The van der Waals surface area contributed by atoms with E-state index in [0.717, 1.165) is 25.1 Å². The average molecular weight is 215 g/mol. The van der Waals surface area contributed by atoms with Crippen molar-refractivity contribution in [3.63, 3.8) is 0 Å². The summed E-state index contributed by atoms with van der Waals surface area (Å²) in [6.07, 6.45) is 4.03. The number of aliphatic hydroxyl groups excluding tert-OH is 1. The van der Waals surface area contributed by atoms with Gasteiger partial charge < -0.3 is 9.84 Å². The van der Waals surface area contributed by atoms with Gasteiger partial charge in [-0.1, -0.05) is 20.3 Å². The molecule has 0 bridgehead atoms. The van der Waals surface area contributed by atoms with Crippen LogP contribution in [0.15, 0.2) is 0 Å². The molecular formula is C12H25NO2. The quantitative estimate of drug-likeness (QED) is 0.682. The molecule has 1 aliphatic rings. The number of hydrogen-bond acceptors (Lipinski definition) is 3. The summed E-state index contributed by atoms with van der Waals surface area (Å²) in [5.41, 5.74) is 0. The van der Waals surface area contributed by atoms with Gasteiger partial charge in [0, 0.05) is 12.6 Å². The van der Waals surface area contributed by atoms with Crippen molar-refractivity contribution in [3.8, 4) is 0 Å². The highest BCUT2D eigenvalue weighted by Crippen LogP contribution is 2.22. The second kappa shape index (κ2) is 7.20. The normalized spacial score (nSPS) is 23.6. The number of piperidine rings is 1. The molecule has 0 aromatic rings. The van der Waals surface area contributed by atoms with Crippen LogP contribution in [0, 0.1) is 5.92 Å². The number of hydrogen-bond donors (Lipinski definition) is 1. The van der Waals surface area contributed by atoms with Crippen LogP contribution in [0.3, 0.4) is 0 Å². The zero-order valence-corrected chi connectivity index (χ0v) is 10.1. The fourth-order valence-corrected chi connectivity index (χ4v) is 2.40. The molecule has 1 saturated heterocycles. The Labute approximate surface area is 93.4 Å². The van der Waals surface area contributed by atoms with E-state index in [9.17, 15) is 0 Å². The number of ether oxygens (including phenoxy) is 1. The lowest BCUT2D eigenvalue weighted by atomic mass is 9.93. The molecule has 0 saturated carbocycles. The Morgan fingerprint density at radius 3 is 2.80 bits per heavy atom. The fraction of sp³-hybridized carbons (Fsp3) is 1.00. The van der Waals surface area contributed by atoms with Crippen LogP contribution >= 0.6 is 0 Å². The zero-order valence-electron chi connectivity index (χ0n) is 10.1. The van der Waals surface area contributed by atoms with Crippen molar-refractivity contribution in [3.05, 3.63) is 0 Å². The molecule has 0 spiro atoms. The van der Waals surface area contributed by atoms with E-state index in [1.807, 2.05) is 0 Å². The Bertz CT molecular complexity index is 162. The van der Waals surface area contributed by atoms with E-state index in [1.165, 1.54) is 25.8 Å². The van der Waals surface area contributed by atoms with Crippen molar-refractivity contribution in [2.45, 2.75) is 39.2 Å². The van der Waals surface area contributed by atoms with Crippen molar-refractivity contribution in [2.75, 3.05) is 32.9 Å². The van der Waals surface area contributed by atoms with Crippen molar-refractivity contribution >= 4 is 0 Å². The third kappa shape index (κ3) is 4.49. The van der Waals surface area contributed by atoms with Crippen LogP contribution in [0.2, 0.25) is 0 Å². The highest BCUT2D eigenvalue weighted by Gasteiger charge is 2.24. The van der Waals surface area contributed by atoms with Crippen LogP contribution in [-0.4, -0.2) is 49.0 Å². The molecule has 15 heavy (non-hydrogen) atoms. The van der Waals surface area contributed by atoms with Crippen LogP contribution < -0.4 is 0 Å². The minimum Gasteiger partial charge on any atom is -0.394 e. The summed E-state index contributed by atoms with van der Waals surface area (Å²) < 4.78 is 5.32. The van der Waals surface area contributed by atoms with Crippen LogP contribution in [0.1, 0.15) is 33.1 Å². The Balaban J connectivity index is 2.23. The molecule has 1 unspecified atom stereocenters. The van der Waals surface area contributed by atoms with Gasteiger partial charge in [-0.3, -0.25) is 4.90 Å². The van der Waals surface area contributed by atoms with E-state index in [4.69, 9.17) is 9.84 Å². The predicted octanol–water partition coefficient (Wildman–Crippen LogP) is 1.51. The van der Waals surface area contributed by atoms with E-state index in [-0.39, 0.29) is 6.61 Å². The third-order valence-electron chi connectivity index (χ3n) is 3.19. The number of likely N-dealkylation sites (tertiary alicyclic amines) is 1. The minimum atomic E-state index is 0.133. The maximum absolute atomic E-state index is 8.60. The van der Waals surface area contributed by atoms with E-state index in [1.54, 1.807) is 0 Å². The maximum Gasteiger partial charge on any atom is 0.0698 e. The average Bonchev–Trinajstić information content (AvgIpc) is 2.25. The number of nitrogens with zero attached hydrogens (tertiary/aromatic N) is 1. The van der Waals surface area contributed by atoms with Gasteiger partial charge >= 0.3 is 0 Å². The van der Waals surface area contributed by atoms with Gasteiger partial charge in [0.05, 0.1) is 19.8 Å². The fourth-order valence-electron chi connectivity index (χ4n) is 2.40. The van der Waals surface area contributed by atoms with Gasteiger partial charge in [0.25, 0.3) is 0 Å². The van der Waals surface area contributed by atoms with Gasteiger partial charge in [-0.15, -0.1) is 0 Å². The smallest absolute Gasteiger partial charge is 0.0698 e. The lowest BCUT2D eigenvalue weighted by molar-refractivity contribution is 0.0430. The molecular weight excluding hydrogens is 190 g/mol. The van der Waals surface area contributed by atoms with Crippen LogP contribution in [-0.2, 0) is 4.74 Å². The highest BCUT2D eigenvalue weighted by molar-refractivity contribution is 4.79. The summed E-state index contributed by atoms with van der Waals surface area (Å²) in [5.74, 6) is 0.739. The molecule has 1 N–H and O–H groups in total. The van der Waals surface area contributed by atoms with Gasteiger partial charge in [-0.25, -0.2) is 0 Å². The van der Waals surface area contributed by atoms with Gasteiger partial charge in [-0.2, -0.15) is 0 Å². The van der Waals surface area contributed by atoms with E-state index in [2.05, 4.69) is 18.7 Å². The molecule has 0 aliphatic carbocycles. The summed E-state index contributed by atoms with van der Waals surface area (Å²) in [6, 6.07) is 0.733. The highest BCUT2D eigenvalue weighted by atomic mass is 16.5. The first-order chi connectivity index (χ1) is 7.25. The Morgan fingerprint density at radius 2 is 2.13 bits per heavy atom. The summed E-state index contributed by atoms with van der Waals surface area (Å²) >= 11 is 0. The van der Waals surface area contributed by atoms with Crippen molar-refractivity contribution in [1.29, 1.82) is 0 Å².